The molecule has 0 aliphatic carbocycles. The SMILES string of the molecule is COc1ccc(Cl)cc1C(=O)N[C@H]1CC(C)(C)Oc2ccccc21. The topological polar surface area (TPSA) is 47.6 Å². The van der Waals surface area contributed by atoms with Crippen molar-refractivity contribution in [3.8, 4) is 11.5 Å². The smallest absolute Gasteiger partial charge is 0.255 e. The number of rotatable bonds is 3. The number of fused-ring (bicyclic) bond motifs is 1. The van der Waals surface area contributed by atoms with Gasteiger partial charge in [-0.15, -0.1) is 0 Å². The van der Waals surface area contributed by atoms with Gasteiger partial charge in [0.05, 0.1) is 18.7 Å². The second-order valence-electron chi connectivity index (χ2n) is 6.47. The molecule has 4 nitrogen and oxygen atoms in total. The van der Waals surface area contributed by atoms with Crippen LogP contribution >= 0.6 is 11.6 Å². The molecule has 0 spiro atoms. The highest BCUT2D eigenvalue weighted by Gasteiger charge is 2.34. The van der Waals surface area contributed by atoms with Crippen LogP contribution in [0.25, 0.3) is 0 Å². The molecule has 1 heterocycles. The first-order chi connectivity index (χ1) is 11.4. The first-order valence-corrected chi connectivity index (χ1v) is 8.20. The van der Waals surface area contributed by atoms with E-state index in [9.17, 15) is 4.79 Å². The summed E-state index contributed by atoms with van der Waals surface area (Å²) in [5.41, 5.74) is 1.04. The van der Waals surface area contributed by atoms with Gasteiger partial charge in [0.1, 0.15) is 17.1 Å². The van der Waals surface area contributed by atoms with E-state index in [1.807, 2.05) is 38.1 Å². The van der Waals surface area contributed by atoms with E-state index in [-0.39, 0.29) is 17.6 Å². The van der Waals surface area contributed by atoms with Gasteiger partial charge in [0.2, 0.25) is 0 Å². The molecule has 0 saturated carbocycles. The fraction of sp³-hybridized carbons (Fsp3) is 0.316. The van der Waals surface area contributed by atoms with Crippen LogP contribution in [0.3, 0.4) is 0 Å². The molecule has 0 bridgehead atoms. The van der Waals surface area contributed by atoms with Gasteiger partial charge in [-0.25, -0.2) is 0 Å². The number of halogens is 1. The molecule has 0 saturated heterocycles. The van der Waals surface area contributed by atoms with Gasteiger partial charge in [0.25, 0.3) is 5.91 Å². The molecule has 3 rings (SSSR count). The van der Waals surface area contributed by atoms with Crippen LogP contribution in [0.15, 0.2) is 42.5 Å². The molecule has 1 amide bonds. The van der Waals surface area contributed by atoms with Crippen LogP contribution in [0.4, 0.5) is 0 Å². The second kappa shape index (κ2) is 6.36. The molecular weight excluding hydrogens is 326 g/mol. The third kappa shape index (κ3) is 3.34. The lowest BCUT2D eigenvalue weighted by molar-refractivity contribution is 0.0619. The molecule has 2 aromatic rings. The molecule has 1 atom stereocenters. The van der Waals surface area contributed by atoms with Crippen molar-refractivity contribution in [2.24, 2.45) is 0 Å². The van der Waals surface area contributed by atoms with Crippen molar-refractivity contribution in [3.63, 3.8) is 0 Å². The van der Waals surface area contributed by atoms with Gasteiger partial charge >= 0.3 is 0 Å². The number of nitrogens with one attached hydrogen (secondary N) is 1. The standard InChI is InChI=1S/C19H20ClNO3/c1-19(2)11-15(13-6-4-5-7-17(13)24-19)21-18(22)14-10-12(20)8-9-16(14)23-3/h4-10,15H,11H2,1-3H3,(H,21,22)/t15-/m0/s1. The van der Waals surface area contributed by atoms with Crippen LogP contribution in [0.5, 0.6) is 11.5 Å². The molecular formula is C19H20ClNO3. The zero-order chi connectivity index (χ0) is 17.3. The average Bonchev–Trinajstić information content (AvgIpc) is 2.53. The first kappa shape index (κ1) is 16.7. The lowest BCUT2D eigenvalue weighted by Crippen LogP contribution is -2.41. The third-order valence-electron chi connectivity index (χ3n) is 4.09. The molecule has 0 radical (unpaired) electrons. The van der Waals surface area contributed by atoms with E-state index in [0.29, 0.717) is 22.8 Å². The van der Waals surface area contributed by atoms with Crippen molar-refractivity contribution >= 4 is 17.5 Å². The maximum Gasteiger partial charge on any atom is 0.255 e. The Kier molecular flexibility index (Phi) is 4.41. The lowest BCUT2D eigenvalue weighted by Gasteiger charge is -2.37. The van der Waals surface area contributed by atoms with E-state index >= 15 is 0 Å². The van der Waals surface area contributed by atoms with Gasteiger partial charge in [0, 0.05) is 17.0 Å². The van der Waals surface area contributed by atoms with Crippen molar-refractivity contribution in [2.75, 3.05) is 7.11 Å². The van der Waals surface area contributed by atoms with Crippen LogP contribution in [0.2, 0.25) is 5.02 Å². The number of amides is 1. The Morgan fingerprint density at radius 3 is 2.79 bits per heavy atom. The van der Waals surface area contributed by atoms with Crippen molar-refractivity contribution in [3.05, 3.63) is 58.6 Å². The minimum atomic E-state index is -0.356. The molecule has 1 aliphatic heterocycles. The van der Waals surface area contributed by atoms with E-state index in [2.05, 4.69) is 5.32 Å². The summed E-state index contributed by atoms with van der Waals surface area (Å²) in [6.45, 7) is 4.03. The average molecular weight is 346 g/mol. The maximum atomic E-state index is 12.8. The Labute approximate surface area is 146 Å². The molecule has 126 valence electrons. The normalized spacial score (nSPS) is 18.2. The van der Waals surface area contributed by atoms with E-state index < -0.39 is 0 Å². The number of para-hydroxylation sites is 1. The number of benzene rings is 2. The number of hydrogen-bond acceptors (Lipinski definition) is 3. The molecule has 2 aromatic carbocycles. The number of carbonyl (C=O) groups is 1. The van der Waals surface area contributed by atoms with Gasteiger partial charge in [-0.3, -0.25) is 4.79 Å². The minimum Gasteiger partial charge on any atom is -0.496 e. The Balaban J connectivity index is 1.91. The van der Waals surface area contributed by atoms with E-state index in [1.54, 1.807) is 18.2 Å². The summed E-state index contributed by atoms with van der Waals surface area (Å²) in [4.78, 5) is 12.8. The fourth-order valence-corrected chi connectivity index (χ4v) is 3.20. The molecule has 0 aromatic heterocycles. The highest BCUT2D eigenvalue weighted by Crippen LogP contribution is 2.39. The van der Waals surface area contributed by atoms with Gasteiger partial charge in [-0.2, -0.15) is 0 Å². The highest BCUT2D eigenvalue weighted by molar-refractivity contribution is 6.31. The molecule has 0 unspecified atom stereocenters. The summed E-state index contributed by atoms with van der Waals surface area (Å²) in [7, 11) is 1.53. The summed E-state index contributed by atoms with van der Waals surface area (Å²) in [5.74, 6) is 1.08. The Morgan fingerprint density at radius 1 is 1.29 bits per heavy atom. The fourth-order valence-electron chi connectivity index (χ4n) is 3.02. The predicted octanol–water partition coefficient (Wildman–Crippen LogP) is 4.38. The largest absolute Gasteiger partial charge is 0.496 e. The van der Waals surface area contributed by atoms with Crippen molar-refractivity contribution in [1.29, 1.82) is 0 Å². The lowest BCUT2D eigenvalue weighted by atomic mass is 9.89. The van der Waals surface area contributed by atoms with Crippen LogP contribution < -0.4 is 14.8 Å². The minimum absolute atomic E-state index is 0.138. The zero-order valence-corrected chi connectivity index (χ0v) is 14.7. The Bertz CT molecular complexity index is 773. The van der Waals surface area contributed by atoms with E-state index in [0.717, 1.165) is 11.3 Å². The zero-order valence-electron chi connectivity index (χ0n) is 13.9. The number of hydrogen-bond donors (Lipinski definition) is 1. The summed E-state index contributed by atoms with van der Waals surface area (Å²) in [6.07, 6.45) is 0.679. The van der Waals surface area contributed by atoms with Crippen molar-refractivity contribution in [1.82, 2.24) is 5.32 Å². The molecule has 24 heavy (non-hydrogen) atoms. The monoisotopic (exact) mass is 345 g/mol. The van der Waals surface area contributed by atoms with Gasteiger partial charge < -0.3 is 14.8 Å². The Morgan fingerprint density at radius 2 is 2.04 bits per heavy atom. The van der Waals surface area contributed by atoms with Gasteiger partial charge in [-0.05, 0) is 38.1 Å². The van der Waals surface area contributed by atoms with Crippen LogP contribution in [-0.2, 0) is 0 Å². The van der Waals surface area contributed by atoms with Gasteiger partial charge in [-0.1, -0.05) is 29.8 Å². The van der Waals surface area contributed by atoms with Gasteiger partial charge in [0.15, 0.2) is 0 Å². The molecule has 0 fully saturated rings. The molecule has 1 aliphatic rings. The van der Waals surface area contributed by atoms with E-state index in [1.165, 1.54) is 7.11 Å². The van der Waals surface area contributed by atoms with Crippen molar-refractivity contribution < 1.29 is 14.3 Å². The molecule has 5 heteroatoms. The number of carbonyl (C=O) groups excluding carboxylic acids is 1. The summed E-state index contributed by atoms with van der Waals surface area (Å²) in [5, 5.41) is 3.59. The quantitative estimate of drug-likeness (QED) is 0.898. The van der Waals surface area contributed by atoms with E-state index in [4.69, 9.17) is 21.1 Å². The van der Waals surface area contributed by atoms with Crippen LogP contribution in [0.1, 0.15) is 42.2 Å². The first-order valence-electron chi connectivity index (χ1n) is 7.82. The van der Waals surface area contributed by atoms with Crippen molar-refractivity contribution in [2.45, 2.75) is 31.9 Å². The van der Waals surface area contributed by atoms with Crippen LogP contribution in [-0.4, -0.2) is 18.6 Å². The third-order valence-corrected chi connectivity index (χ3v) is 4.32. The summed E-state index contributed by atoms with van der Waals surface area (Å²) in [6, 6.07) is 12.6. The second-order valence-corrected chi connectivity index (χ2v) is 6.91. The number of ether oxygens (including phenoxy) is 2. The summed E-state index contributed by atoms with van der Waals surface area (Å²) >= 11 is 6.03. The Hall–Kier alpha value is -2.20. The number of methoxy groups -OCH3 is 1. The predicted molar refractivity (Wildman–Crippen MR) is 94.0 cm³/mol. The maximum absolute atomic E-state index is 12.8. The highest BCUT2D eigenvalue weighted by atomic mass is 35.5. The van der Waals surface area contributed by atoms with Crippen LogP contribution in [0, 0.1) is 0 Å². The molecule has 1 N–H and O–H groups in total. The summed E-state index contributed by atoms with van der Waals surface area (Å²) < 4.78 is 11.3.